The first-order valence-corrected chi connectivity index (χ1v) is 7.90. The second kappa shape index (κ2) is 4.19. The quantitative estimate of drug-likeness (QED) is 0.689. The van der Waals surface area contributed by atoms with Crippen LogP contribution in [0.2, 0.25) is 0 Å². The van der Waals surface area contributed by atoms with Crippen molar-refractivity contribution in [1.82, 2.24) is 0 Å². The highest BCUT2D eigenvalue weighted by molar-refractivity contribution is 5.95. The van der Waals surface area contributed by atoms with Gasteiger partial charge in [-0.05, 0) is 39.0 Å². The van der Waals surface area contributed by atoms with E-state index in [1.165, 1.54) is 6.07 Å². The predicted octanol–water partition coefficient (Wildman–Crippen LogP) is 4.04. The topological polar surface area (TPSA) is 48.7 Å². The van der Waals surface area contributed by atoms with E-state index in [9.17, 15) is 4.79 Å². The standard InChI is InChI=1S/C19H20O4/c1-10-19(4,5)14-16(21-10)12-8-9-18(2,3)23-15(12)11-6-7-13(20)22-17(11)14/h6-10H,1-5H3/t10-/m0/s1. The highest BCUT2D eigenvalue weighted by Crippen LogP contribution is 2.53. The first-order valence-electron chi connectivity index (χ1n) is 7.90. The molecule has 0 saturated carbocycles. The molecule has 0 fully saturated rings. The van der Waals surface area contributed by atoms with E-state index in [1.807, 2.05) is 26.8 Å². The Morgan fingerprint density at radius 3 is 2.57 bits per heavy atom. The van der Waals surface area contributed by atoms with Gasteiger partial charge in [-0.1, -0.05) is 13.8 Å². The molecular weight excluding hydrogens is 292 g/mol. The summed E-state index contributed by atoms with van der Waals surface area (Å²) in [5, 5.41) is 0.821. The zero-order valence-electron chi connectivity index (χ0n) is 14.0. The lowest BCUT2D eigenvalue weighted by Crippen LogP contribution is -2.29. The lowest BCUT2D eigenvalue weighted by atomic mass is 9.79. The van der Waals surface area contributed by atoms with Crippen molar-refractivity contribution in [3.05, 3.63) is 39.8 Å². The molecule has 0 aliphatic carbocycles. The van der Waals surface area contributed by atoms with Gasteiger partial charge in [0.15, 0.2) is 0 Å². The van der Waals surface area contributed by atoms with Gasteiger partial charge in [0.1, 0.15) is 28.8 Å². The summed E-state index contributed by atoms with van der Waals surface area (Å²) in [5.74, 6) is 1.49. The zero-order chi connectivity index (χ0) is 16.6. The predicted molar refractivity (Wildman–Crippen MR) is 89.3 cm³/mol. The van der Waals surface area contributed by atoms with E-state index in [1.54, 1.807) is 6.07 Å². The number of rotatable bonds is 0. The maximum Gasteiger partial charge on any atom is 0.336 e. The number of hydrogen-bond donors (Lipinski definition) is 0. The fourth-order valence-electron chi connectivity index (χ4n) is 3.34. The van der Waals surface area contributed by atoms with E-state index < -0.39 is 5.60 Å². The molecule has 120 valence electrons. The molecule has 4 nitrogen and oxygen atoms in total. The minimum atomic E-state index is -0.413. The van der Waals surface area contributed by atoms with E-state index in [4.69, 9.17) is 13.9 Å². The van der Waals surface area contributed by atoms with Crippen LogP contribution in [0.15, 0.2) is 27.4 Å². The van der Waals surface area contributed by atoms with Crippen molar-refractivity contribution in [3.63, 3.8) is 0 Å². The molecule has 2 aliphatic rings. The summed E-state index contributed by atoms with van der Waals surface area (Å²) in [4.78, 5) is 11.8. The monoisotopic (exact) mass is 312 g/mol. The fourth-order valence-corrected chi connectivity index (χ4v) is 3.34. The van der Waals surface area contributed by atoms with Gasteiger partial charge >= 0.3 is 5.63 Å². The van der Waals surface area contributed by atoms with E-state index in [-0.39, 0.29) is 17.1 Å². The maximum atomic E-state index is 11.8. The third-order valence-electron chi connectivity index (χ3n) is 4.99. The number of fused-ring (bicyclic) bond motifs is 6. The summed E-state index contributed by atoms with van der Waals surface area (Å²) in [6, 6.07) is 3.23. The average molecular weight is 312 g/mol. The minimum Gasteiger partial charge on any atom is -0.489 e. The highest BCUT2D eigenvalue weighted by Gasteiger charge is 2.44. The van der Waals surface area contributed by atoms with Crippen LogP contribution in [0.1, 0.15) is 45.7 Å². The van der Waals surface area contributed by atoms with Crippen LogP contribution in [0.3, 0.4) is 0 Å². The van der Waals surface area contributed by atoms with Crippen molar-refractivity contribution < 1.29 is 13.9 Å². The van der Waals surface area contributed by atoms with Crippen LogP contribution in [-0.4, -0.2) is 11.7 Å². The normalized spacial score (nSPS) is 23.1. The van der Waals surface area contributed by atoms with Gasteiger partial charge in [0, 0.05) is 17.0 Å². The van der Waals surface area contributed by atoms with Crippen LogP contribution in [0.25, 0.3) is 17.0 Å². The van der Waals surface area contributed by atoms with Crippen LogP contribution >= 0.6 is 0 Å². The largest absolute Gasteiger partial charge is 0.489 e. The Hall–Kier alpha value is -2.23. The van der Waals surface area contributed by atoms with Crippen LogP contribution in [0.5, 0.6) is 11.5 Å². The van der Waals surface area contributed by atoms with Gasteiger partial charge in [0.25, 0.3) is 0 Å². The van der Waals surface area contributed by atoms with Crippen molar-refractivity contribution in [2.45, 2.75) is 51.7 Å². The highest BCUT2D eigenvalue weighted by atomic mass is 16.5. The molecule has 0 unspecified atom stereocenters. The maximum absolute atomic E-state index is 11.8. The fraction of sp³-hybridized carbons (Fsp3) is 0.421. The van der Waals surface area contributed by atoms with E-state index in [0.717, 1.165) is 28.0 Å². The summed E-state index contributed by atoms with van der Waals surface area (Å²) in [6.45, 7) is 10.3. The summed E-state index contributed by atoms with van der Waals surface area (Å²) in [6.07, 6.45) is 4.07. The molecule has 2 aromatic rings. The van der Waals surface area contributed by atoms with Crippen molar-refractivity contribution >= 4 is 17.0 Å². The third kappa shape index (κ3) is 1.87. The Labute approximate surface area is 134 Å². The molecular formula is C19H20O4. The third-order valence-corrected chi connectivity index (χ3v) is 4.99. The van der Waals surface area contributed by atoms with Gasteiger partial charge in [-0.15, -0.1) is 0 Å². The van der Waals surface area contributed by atoms with Crippen molar-refractivity contribution in [2.24, 2.45) is 0 Å². The Morgan fingerprint density at radius 2 is 1.83 bits per heavy atom. The second-order valence-electron chi connectivity index (χ2n) is 7.46. The SMILES string of the molecule is C[C@@H]1Oc2c3c(c4ccc(=O)oc4c2C1(C)C)OC(C)(C)C=C3. The summed E-state index contributed by atoms with van der Waals surface area (Å²) >= 11 is 0. The van der Waals surface area contributed by atoms with Gasteiger partial charge in [-0.3, -0.25) is 0 Å². The van der Waals surface area contributed by atoms with Crippen molar-refractivity contribution in [3.8, 4) is 11.5 Å². The molecule has 0 bridgehead atoms. The van der Waals surface area contributed by atoms with Crippen molar-refractivity contribution in [2.75, 3.05) is 0 Å². The molecule has 23 heavy (non-hydrogen) atoms. The smallest absolute Gasteiger partial charge is 0.336 e. The van der Waals surface area contributed by atoms with Crippen LogP contribution in [0, 0.1) is 0 Å². The Balaban J connectivity index is 2.18. The average Bonchev–Trinajstić information content (AvgIpc) is 2.68. The Kier molecular flexibility index (Phi) is 2.62. The van der Waals surface area contributed by atoms with Crippen molar-refractivity contribution in [1.29, 1.82) is 0 Å². The van der Waals surface area contributed by atoms with Gasteiger partial charge in [-0.25, -0.2) is 4.79 Å². The van der Waals surface area contributed by atoms with Gasteiger partial charge in [0.05, 0.1) is 10.9 Å². The van der Waals surface area contributed by atoms with Crippen LogP contribution < -0.4 is 15.1 Å². The molecule has 0 saturated heterocycles. The lowest BCUT2D eigenvalue weighted by Gasteiger charge is -2.30. The molecule has 1 aromatic carbocycles. The molecule has 2 aliphatic heterocycles. The number of hydrogen-bond acceptors (Lipinski definition) is 4. The molecule has 0 radical (unpaired) electrons. The van der Waals surface area contributed by atoms with Gasteiger partial charge < -0.3 is 13.9 Å². The summed E-state index contributed by atoms with van der Waals surface area (Å²) < 4.78 is 17.9. The lowest BCUT2D eigenvalue weighted by molar-refractivity contribution is 0.158. The summed E-state index contributed by atoms with van der Waals surface area (Å²) in [7, 11) is 0. The van der Waals surface area contributed by atoms with Crippen LogP contribution in [-0.2, 0) is 5.41 Å². The molecule has 0 N–H and O–H groups in total. The first kappa shape index (κ1) is 14.4. The molecule has 3 heterocycles. The zero-order valence-corrected chi connectivity index (χ0v) is 14.0. The van der Waals surface area contributed by atoms with Gasteiger partial charge in [-0.2, -0.15) is 0 Å². The number of benzene rings is 1. The number of ether oxygens (including phenoxy) is 2. The van der Waals surface area contributed by atoms with E-state index in [2.05, 4.69) is 19.9 Å². The molecule has 1 atom stereocenters. The molecule has 4 rings (SSSR count). The minimum absolute atomic E-state index is 0.0129. The summed E-state index contributed by atoms with van der Waals surface area (Å²) in [5.41, 5.74) is 1.43. The molecule has 0 spiro atoms. The van der Waals surface area contributed by atoms with Crippen LogP contribution in [0.4, 0.5) is 0 Å². The van der Waals surface area contributed by atoms with Gasteiger partial charge in [0.2, 0.25) is 0 Å². The first-order chi connectivity index (χ1) is 10.7. The van der Waals surface area contributed by atoms with E-state index in [0.29, 0.717) is 5.58 Å². The molecule has 1 aromatic heterocycles. The molecule has 0 amide bonds. The molecule has 4 heteroatoms. The Morgan fingerprint density at radius 1 is 1.09 bits per heavy atom. The second-order valence-corrected chi connectivity index (χ2v) is 7.46. The van der Waals surface area contributed by atoms with E-state index >= 15 is 0 Å². The Bertz CT molecular complexity index is 915.